The highest BCUT2D eigenvalue weighted by atomic mass is 35.5. The SMILES string of the molecule is CN(CC(=O)O)C1CCCN(C(=O)N[C@@H]2C[C@H]2c2ccc(Cl)c(F)c2)CC1. The number of nitrogens with one attached hydrogen (secondary N) is 1. The minimum absolute atomic E-state index is 0.0122. The molecule has 2 N–H and O–H groups in total. The van der Waals surface area contributed by atoms with Crippen LogP contribution in [-0.4, -0.2) is 65.7 Å². The van der Waals surface area contributed by atoms with Crippen molar-refractivity contribution in [2.75, 3.05) is 26.7 Å². The molecule has 3 rings (SSSR count). The van der Waals surface area contributed by atoms with E-state index < -0.39 is 11.8 Å². The highest BCUT2D eigenvalue weighted by molar-refractivity contribution is 6.30. The zero-order chi connectivity index (χ0) is 19.6. The van der Waals surface area contributed by atoms with Gasteiger partial charge in [0.25, 0.3) is 0 Å². The molecule has 6 nitrogen and oxygen atoms in total. The molecule has 0 aromatic heterocycles. The van der Waals surface area contributed by atoms with Crippen LogP contribution in [0.3, 0.4) is 0 Å². The molecule has 2 amide bonds. The van der Waals surface area contributed by atoms with Gasteiger partial charge < -0.3 is 15.3 Å². The van der Waals surface area contributed by atoms with Gasteiger partial charge in [-0.15, -0.1) is 0 Å². The number of benzene rings is 1. The van der Waals surface area contributed by atoms with Crippen molar-refractivity contribution in [3.63, 3.8) is 0 Å². The number of urea groups is 1. The van der Waals surface area contributed by atoms with Crippen LogP contribution in [0.15, 0.2) is 18.2 Å². The molecule has 1 aromatic carbocycles. The first-order chi connectivity index (χ1) is 12.8. The smallest absolute Gasteiger partial charge is 0.317 e. The first kappa shape index (κ1) is 19.9. The maximum Gasteiger partial charge on any atom is 0.317 e. The first-order valence-electron chi connectivity index (χ1n) is 9.27. The number of likely N-dealkylation sites (tertiary alicyclic amines) is 1. The number of aliphatic carboxylic acids is 1. The average molecular weight is 398 g/mol. The van der Waals surface area contributed by atoms with E-state index >= 15 is 0 Å². The van der Waals surface area contributed by atoms with E-state index in [4.69, 9.17) is 16.7 Å². The number of carbonyl (C=O) groups excluding carboxylic acids is 1. The van der Waals surface area contributed by atoms with Crippen LogP contribution in [0, 0.1) is 5.82 Å². The van der Waals surface area contributed by atoms with Crippen LogP contribution in [-0.2, 0) is 4.79 Å². The van der Waals surface area contributed by atoms with Crippen molar-refractivity contribution in [1.29, 1.82) is 0 Å². The third kappa shape index (κ3) is 5.11. The summed E-state index contributed by atoms with van der Waals surface area (Å²) in [7, 11) is 1.81. The summed E-state index contributed by atoms with van der Waals surface area (Å²) < 4.78 is 13.6. The standard InChI is InChI=1S/C19H25ClFN3O3/c1-23(11-18(25)26)13-3-2-7-24(8-6-13)19(27)22-17-10-14(17)12-4-5-15(20)16(21)9-12/h4-5,9,13-14,17H,2-3,6-8,10-11H2,1H3,(H,22,27)(H,25,26)/t13?,14-,17+/m0/s1. The summed E-state index contributed by atoms with van der Waals surface area (Å²) in [5.74, 6) is -1.15. The normalized spacial score (nSPS) is 25.2. The van der Waals surface area contributed by atoms with Crippen LogP contribution in [0.5, 0.6) is 0 Å². The van der Waals surface area contributed by atoms with Gasteiger partial charge in [-0.25, -0.2) is 9.18 Å². The molecule has 1 heterocycles. The predicted octanol–water partition coefficient (Wildman–Crippen LogP) is 2.92. The van der Waals surface area contributed by atoms with Crippen molar-refractivity contribution in [2.45, 2.75) is 43.7 Å². The minimum Gasteiger partial charge on any atom is -0.480 e. The second kappa shape index (κ2) is 8.44. The molecule has 1 aliphatic carbocycles. The van der Waals surface area contributed by atoms with E-state index in [9.17, 15) is 14.0 Å². The number of carbonyl (C=O) groups is 2. The molecule has 27 heavy (non-hydrogen) atoms. The average Bonchev–Trinajstić information content (AvgIpc) is 3.39. The molecule has 1 aromatic rings. The van der Waals surface area contributed by atoms with Gasteiger partial charge >= 0.3 is 12.0 Å². The van der Waals surface area contributed by atoms with Crippen molar-refractivity contribution in [2.24, 2.45) is 0 Å². The molecule has 0 bridgehead atoms. The lowest BCUT2D eigenvalue weighted by atomic mass is 10.1. The zero-order valence-electron chi connectivity index (χ0n) is 15.3. The maximum absolute atomic E-state index is 13.6. The van der Waals surface area contributed by atoms with Crippen molar-refractivity contribution in [3.8, 4) is 0 Å². The van der Waals surface area contributed by atoms with Crippen LogP contribution in [0.1, 0.15) is 37.2 Å². The van der Waals surface area contributed by atoms with Crippen LogP contribution in [0.4, 0.5) is 9.18 Å². The summed E-state index contributed by atoms with van der Waals surface area (Å²) in [6.07, 6.45) is 3.28. The van der Waals surface area contributed by atoms with Gasteiger partial charge in [0.2, 0.25) is 0 Å². The molecule has 2 aliphatic rings. The Morgan fingerprint density at radius 3 is 2.85 bits per heavy atom. The highest BCUT2D eigenvalue weighted by Crippen LogP contribution is 2.41. The summed E-state index contributed by atoms with van der Waals surface area (Å²) in [5, 5.41) is 12.1. The minimum atomic E-state index is -0.838. The Morgan fingerprint density at radius 2 is 2.15 bits per heavy atom. The summed E-state index contributed by atoms with van der Waals surface area (Å²) in [6, 6.07) is 4.88. The van der Waals surface area contributed by atoms with Crippen molar-refractivity contribution in [1.82, 2.24) is 15.1 Å². The van der Waals surface area contributed by atoms with E-state index in [1.54, 1.807) is 17.0 Å². The Kier molecular flexibility index (Phi) is 6.22. The van der Waals surface area contributed by atoms with Crippen molar-refractivity contribution in [3.05, 3.63) is 34.6 Å². The first-order valence-corrected chi connectivity index (χ1v) is 9.65. The van der Waals surface area contributed by atoms with Gasteiger partial charge in [0.1, 0.15) is 5.82 Å². The number of rotatable bonds is 5. The number of carboxylic acids is 1. The van der Waals surface area contributed by atoms with E-state index in [2.05, 4.69) is 5.32 Å². The molecular weight excluding hydrogens is 373 g/mol. The third-order valence-corrected chi connectivity index (χ3v) is 5.77. The Hall–Kier alpha value is -1.86. The van der Waals surface area contributed by atoms with Gasteiger partial charge in [-0.05, 0) is 50.4 Å². The van der Waals surface area contributed by atoms with E-state index in [-0.39, 0.29) is 35.6 Å². The molecule has 148 valence electrons. The quantitative estimate of drug-likeness (QED) is 0.801. The van der Waals surface area contributed by atoms with Crippen LogP contribution >= 0.6 is 11.6 Å². The van der Waals surface area contributed by atoms with Crippen LogP contribution in [0.25, 0.3) is 0 Å². The Labute approximate surface area is 163 Å². The second-order valence-electron chi connectivity index (χ2n) is 7.45. The number of carboxylic acid groups (broad SMARTS) is 1. The molecule has 1 saturated heterocycles. The molecule has 0 radical (unpaired) electrons. The Bertz CT molecular complexity index is 717. The third-order valence-electron chi connectivity index (χ3n) is 5.46. The van der Waals surface area contributed by atoms with Gasteiger partial charge in [-0.3, -0.25) is 9.69 Å². The summed E-state index contributed by atoms with van der Waals surface area (Å²) in [6.45, 7) is 1.28. The molecule has 0 spiro atoms. The molecule has 1 unspecified atom stereocenters. The van der Waals surface area contributed by atoms with E-state index in [0.717, 1.165) is 31.2 Å². The number of hydrogen-bond donors (Lipinski definition) is 2. The Balaban J connectivity index is 1.49. The highest BCUT2D eigenvalue weighted by Gasteiger charge is 2.40. The number of nitrogens with zero attached hydrogens (tertiary/aromatic N) is 2. The topological polar surface area (TPSA) is 72.9 Å². The molecular formula is C19H25ClFN3O3. The van der Waals surface area contributed by atoms with Gasteiger partial charge in [0.15, 0.2) is 0 Å². The molecule has 3 atom stereocenters. The lowest BCUT2D eigenvalue weighted by Crippen LogP contribution is -2.42. The van der Waals surface area contributed by atoms with E-state index in [0.29, 0.717) is 13.1 Å². The fraction of sp³-hybridized carbons (Fsp3) is 0.579. The second-order valence-corrected chi connectivity index (χ2v) is 7.86. The van der Waals surface area contributed by atoms with Gasteiger partial charge in [0, 0.05) is 31.1 Å². The summed E-state index contributed by atoms with van der Waals surface area (Å²) in [4.78, 5) is 27.1. The van der Waals surface area contributed by atoms with E-state index in [1.165, 1.54) is 6.07 Å². The fourth-order valence-corrected chi connectivity index (χ4v) is 3.90. The molecule has 8 heteroatoms. The largest absolute Gasteiger partial charge is 0.480 e. The number of likely N-dealkylation sites (N-methyl/N-ethyl adjacent to an activating group) is 1. The van der Waals surface area contributed by atoms with Gasteiger partial charge in [0.05, 0.1) is 11.6 Å². The van der Waals surface area contributed by atoms with E-state index in [1.807, 2.05) is 11.9 Å². The lowest BCUT2D eigenvalue weighted by molar-refractivity contribution is -0.138. The van der Waals surface area contributed by atoms with Crippen LogP contribution < -0.4 is 5.32 Å². The fourth-order valence-electron chi connectivity index (χ4n) is 3.78. The number of amides is 2. The van der Waals surface area contributed by atoms with Gasteiger partial charge in [-0.1, -0.05) is 17.7 Å². The Morgan fingerprint density at radius 1 is 1.37 bits per heavy atom. The monoisotopic (exact) mass is 397 g/mol. The molecule has 1 saturated carbocycles. The van der Waals surface area contributed by atoms with Gasteiger partial charge in [-0.2, -0.15) is 0 Å². The summed E-state index contributed by atoms with van der Waals surface area (Å²) >= 11 is 5.72. The number of hydrogen-bond acceptors (Lipinski definition) is 3. The number of halogens is 2. The summed E-state index contributed by atoms with van der Waals surface area (Å²) in [5.41, 5.74) is 0.855. The van der Waals surface area contributed by atoms with Crippen molar-refractivity contribution < 1.29 is 19.1 Å². The molecule has 2 fully saturated rings. The predicted molar refractivity (Wildman–Crippen MR) is 101 cm³/mol. The lowest BCUT2D eigenvalue weighted by Gasteiger charge is -2.25. The van der Waals surface area contributed by atoms with Crippen molar-refractivity contribution >= 4 is 23.6 Å². The maximum atomic E-state index is 13.6. The zero-order valence-corrected chi connectivity index (χ0v) is 16.1. The molecule has 1 aliphatic heterocycles. The van der Waals surface area contributed by atoms with Crippen LogP contribution in [0.2, 0.25) is 5.02 Å².